The van der Waals surface area contributed by atoms with Crippen LogP contribution in [0.15, 0.2) is 40.8 Å². The fourth-order valence-electron chi connectivity index (χ4n) is 2.74. The Kier molecular flexibility index (Phi) is 3.82. The van der Waals surface area contributed by atoms with Crippen LogP contribution in [-0.4, -0.2) is 17.7 Å². The molecule has 0 spiro atoms. The topological polar surface area (TPSA) is 59.7 Å². The summed E-state index contributed by atoms with van der Waals surface area (Å²) in [6.07, 6.45) is 0. The number of ether oxygens (including phenoxy) is 1. The van der Waals surface area contributed by atoms with Crippen LogP contribution in [0, 0.1) is 13.8 Å². The van der Waals surface area contributed by atoms with Gasteiger partial charge in [0.25, 0.3) is 0 Å². The summed E-state index contributed by atoms with van der Waals surface area (Å²) in [6.45, 7) is 5.76. The van der Waals surface area contributed by atoms with Crippen molar-refractivity contribution < 1.29 is 19.1 Å². The van der Waals surface area contributed by atoms with Crippen LogP contribution in [0.2, 0.25) is 0 Å². The Morgan fingerprint density at radius 3 is 2.65 bits per heavy atom. The van der Waals surface area contributed by atoms with Gasteiger partial charge in [0.2, 0.25) is 5.76 Å². The number of aryl methyl sites for hydroxylation is 2. The van der Waals surface area contributed by atoms with Crippen molar-refractivity contribution in [2.45, 2.75) is 20.8 Å². The van der Waals surface area contributed by atoms with E-state index >= 15 is 0 Å². The molecule has 1 aromatic heterocycles. The van der Waals surface area contributed by atoms with Crippen LogP contribution in [0.5, 0.6) is 5.75 Å². The molecule has 4 nitrogen and oxygen atoms in total. The quantitative estimate of drug-likeness (QED) is 0.718. The molecular formula is C19H18O4. The second-order valence-electron chi connectivity index (χ2n) is 5.51. The van der Waals surface area contributed by atoms with Crippen LogP contribution in [0.3, 0.4) is 0 Å². The molecule has 0 saturated heterocycles. The van der Waals surface area contributed by atoms with Crippen molar-refractivity contribution in [3.63, 3.8) is 0 Å². The highest BCUT2D eigenvalue weighted by atomic mass is 16.5. The van der Waals surface area contributed by atoms with E-state index in [-0.39, 0.29) is 18.1 Å². The van der Waals surface area contributed by atoms with E-state index in [4.69, 9.17) is 9.15 Å². The number of carbonyl (C=O) groups is 1. The molecule has 4 heteroatoms. The van der Waals surface area contributed by atoms with E-state index in [9.17, 15) is 9.90 Å². The SMILES string of the molecule is CCOC(=O)c1oc2cc(-c3cccc(C)c3)cc(O)c2c1C. The zero-order valence-electron chi connectivity index (χ0n) is 13.3. The van der Waals surface area contributed by atoms with Crippen molar-refractivity contribution in [1.82, 2.24) is 0 Å². The Bertz CT molecular complexity index is 890. The highest BCUT2D eigenvalue weighted by molar-refractivity contribution is 5.99. The fourth-order valence-corrected chi connectivity index (χ4v) is 2.74. The van der Waals surface area contributed by atoms with Crippen molar-refractivity contribution in [1.29, 1.82) is 0 Å². The van der Waals surface area contributed by atoms with Gasteiger partial charge in [-0.05, 0) is 44.0 Å². The Labute approximate surface area is 134 Å². The van der Waals surface area contributed by atoms with Crippen LogP contribution in [0.4, 0.5) is 0 Å². The molecule has 3 aromatic rings. The number of hydrogen-bond donors (Lipinski definition) is 1. The molecule has 0 saturated carbocycles. The molecule has 3 rings (SSSR count). The first-order chi connectivity index (χ1) is 11.0. The highest BCUT2D eigenvalue weighted by Gasteiger charge is 2.21. The summed E-state index contributed by atoms with van der Waals surface area (Å²) >= 11 is 0. The number of hydrogen-bond acceptors (Lipinski definition) is 4. The lowest BCUT2D eigenvalue weighted by Gasteiger charge is -2.05. The van der Waals surface area contributed by atoms with Gasteiger partial charge in [0.15, 0.2) is 0 Å². The van der Waals surface area contributed by atoms with Gasteiger partial charge in [0.1, 0.15) is 11.3 Å². The Hall–Kier alpha value is -2.75. The number of fused-ring (bicyclic) bond motifs is 1. The smallest absolute Gasteiger partial charge is 0.374 e. The van der Waals surface area contributed by atoms with Gasteiger partial charge < -0.3 is 14.3 Å². The standard InChI is InChI=1S/C19H18O4/c1-4-22-19(21)18-12(3)17-15(20)9-14(10-16(17)23-18)13-7-5-6-11(2)8-13/h5-10,20H,4H2,1-3H3. The number of esters is 1. The molecule has 2 aromatic carbocycles. The summed E-state index contributed by atoms with van der Waals surface area (Å²) in [4.78, 5) is 11.9. The zero-order valence-corrected chi connectivity index (χ0v) is 13.3. The maximum absolute atomic E-state index is 11.9. The summed E-state index contributed by atoms with van der Waals surface area (Å²) < 4.78 is 10.6. The number of phenols is 1. The zero-order chi connectivity index (χ0) is 16.6. The molecule has 1 heterocycles. The van der Waals surface area contributed by atoms with E-state index in [2.05, 4.69) is 0 Å². The first kappa shape index (κ1) is 15.2. The van der Waals surface area contributed by atoms with Crippen LogP contribution in [0.25, 0.3) is 22.1 Å². The molecule has 0 radical (unpaired) electrons. The lowest BCUT2D eigenvalue weighted by atomic mass is 10.0. The molecule has 0 aliphatic rings. The highest BCUT2D eigenvalue weighted by Crippen LogP contribution is 2.37. The molecule has 0 amide bonds. The molecule has 0 unspecified atom stereocenters. The molecule has 23 heavy (non-hydrogen) atoms. The number of benzene rings is 2. The van der Waals surface area contributed by atoms with Gasteiger partial charge in [-0.1, -0.05) is 29.8 Å². The molecular weight excluding hydrogens is 292 g/mol. The van der Waals surface area contributed by atoms with Crippen LogP contribution in [0.1, 0.15) is 28.6 Å². The Morgan fingerprint density at radius 1 is 1.17 bits per heavy atom. The molecule has 1 N–H and O–H groups in total. The van der Waals surface area contributed by atoms with Gasteiger partial charge in [-0.15, -0.1) is 0 Å². The second-order valence-corrected chi connectivity index (χ2v) is 5.51. The fraction of sp³-hybridized carbons (Fsp3) is 0.211. The minimum absolute atomic E-state index is 0.0933. The van der Waals surface area contributed by atoms with Crippen LogP contribution >= 0.6 is 0 Å². The Morgan fingerprint density at radius 2 is 1.96 bits per heavy atom. The number of phenolic OH excluding ortho intramolecular Hbond substituents is 1. The summed E-state index contributed by atoms with van der Waals surface area (Å²) in [7, 11) is 0. The van der Waals surface area contributed by atoms with Crippen molar-refractivity contribution in [3.05, 3.63) is 53.3 Å². The largest absolute Gasteiger partial charge is 0.507 e. The van der Waals surface area contributed by atoms with Gasteiger partial charge in [-0.3, -0.25) is 0 Å². The number of aromatic hydroxyl groups is 1. The number of furan rings is 1. The molecule has 0 fully saturated rings. The van der Waals surface area contributed by atoms with Crippen molar-refractivity contribution in [2.75, 3.05) is 6.61 Å². The lowest BCUT2D eigenvalue weighted by Crippen LogP contribution is -2.04. The van der Waals surface area contributed by atoms with Crippen molar-refractivity contribution >= 4 is 16.9 Å². The van der Waals surface area contributed by atoms with Crippen LogP contribution in [-0.2, 0) is 4.74 Å². The average molecular weight is 310 g/mol. The molecule has 0 bridgehead atoms. The molecule has 118 valence electrons. The third kappa shape index (κ3) is 2.68. The average Bonchev–Trinajstić information content (AvgIpc) is 2.85. The third-order valence-electron chi connectivity index (χ3n) is 3.82. The first-order valence-corrected chi connectivity index (χ1v) is 7.51. The predicted octanol–water partition coefficient (Wildman–Crippen LogP) is 4.60. The lowest BCUT2D eigenvalue weighted by molar-refractivity contribution is 0.0491. The van der Waals surface area contributed by atoms with E-state index in [0.717, 1.165) is 16.7 Å². The van der Waals surface area contributed by atoms with Crippen molar-refractivity contribution in [2.24, 2.45) is 0 Å². The minimum Gasteiger partial charge on any atom is -0.507 e. The van der Waals surface area contributed by atoms with Gasteiger partial charge in [-0.25, -0.2) is 4.79 Å². The number of rotatable bonds is 3. The molecule has 0 aliphatic heterocycles. The maximum Gasteiger partial charge on any atom is 0.374 e. The van der Waals surface area contributed by atoms with Gasteiger partial charge in [0.05, 0.1) is 12.0 Å². The van der Waals surface area contributed by atoms with E-state index in [1.54, 1.807) is 19.9 Å². The monoisotopic (exact) mass is 310 g/mol. The van der Waals surface area contributed by atoms with Gasteiger partial charge in [0, 0.05) is 5.56 Å². The second kappa shape index (κ2) is 5.80. The van der Waals surface area contributed by atoms with E-state index in [1.165, 1.54) is 0 Å². The van der Waals surface area contributed by atoms with Gasteiger partial charge in [-0.2, -0.15) is 0 Å². The number of carbonyl (C=O) groups excluding carboxylic acids is 1. The van der Waals surface area contributed by atoms with E-state index in [0.29, 0.717) is 16.5 Å². The van der Waals surface area contributed by atoms with Crippen LogP contribution < -0.4 is 0 Å². The van der Waals surface area contributed by atoms with Crippen molar-refractivity contribution in [3.8, 4) is 16.9 Å². The first-order valence-electron chi connectivity index (χ1n) is 7.51. The summed E-state index contributed by atoms with van der Waals surface area (Å²) in [5.41, 5.74) is 4.01. The normalized spacial score (nSPS) is 10.9. The minimum atomic E-state index is -0.516. The van der Waals surface area contributed by atoms with E-state index in [1.807, 2.05) is 37.3 Å². The summed E-state index contributed by atoms with van der Waals surface area (Å²) in [6, 6.07) is 11.5. The third-order valence-corrected chi connectivity index (χ3v) is 3.82. The molecule has 0 atom stereocenters. The molecule has 0 aliphatic carbocycles. The summed E-state index contributed by atoms with van der Waals surface area (Å²) in [5, 5.41) is 10.9. The maximum atomic E-state index is 11.9. The van der Waals surface area contributed by atoms with Gasteiger partial charge >= 0.3 is 5.97 Å². The predicted molar refractivity (Wildman–Crippen MR) is 88.7 cm³/mol. The summed E-state index contributed by atoms with van der Waals surface area (Å²) in [5.74, 6) is -0.285. The Balaban J connectivity index is 2.17. The van der Waals surface area contributed by atoms with E-state index < -0.39 is 5.97 Å².